The van der Waals surface area contributed by atoms with Crippen LogP contribution in [0.15, 0.2) is 17.3 Å². The fraction of sp³-hybridized carbons (Fsp3) is 0.500. The molecule has 1 aromatic rings. The molecule has 0 amide bonds. The van der Waals surface area contributed by atoms with Gasteiger partial charge >= 0.3 is 5.97 Å². The minimum atomic E-state index is -0.373. The highest BCUT2D eigenvalue weighted by Gasteiger charge is 2.09. The Hall–Kier alpha value is -1.91. The molecular formula is C14H22N2O3. The maximum Gasteiger partial charge on any atom is 0.339 e. The van der Waals surface area contributed by atoms with Crippen molar-refractivity contribution < 1.29 is 14.3 Å². The first-order chi connectivity index (χ1) is 9.08. The lowest BCUT2D eigenvalue weighted by Crippen LogP contribution is -2.05. The Balaban J connectivity index is 0.00000154. The molecule has 1 heterocycles. The van der Waals surface area contributed by atoms with E-state index in [1.165, 1.54) is 6.20 Å². The SMILES string of the molecule is CC.CCOC(=O)c1cnc(N=C(C)OC)c(C)c1. The average molecular weight is 266 g/mol. The highest BCUT2D eigenvalue weighted by atomic mass is 16.5. The number of nitrogens with zero attached hydrogens (tertiary/aromatic N) is 2. The van der Waals surface area contributed by atoms with Crippen molar-refractivity contribution in [2.45, 2.75) is 34.6 Å². The van der Waals surface area contributed by atoms with Gasteiger partial charge in [0.1, 0.15) is 0 Å². The number of aromatic nitrogens is 1. The predicted octanol–water partition coefficient (Wildman–Crippen LogP) is 3.29. The number of ether oxygens (including phenoxy) is 2. The highest BCUT2D eigenvalue weighted by molar-refractivity contribution is 5.89. The van der Waals surface area contributed by atoms with Gasteiger partial charge in [-0.3, -0.25) is 0 Å². The highest BCUT2D eigenvalue weighted by Crippen LogP contribution is 2.17. The maximum absolute atomic E-state index is 11.5. The van der Waals surface area contributed by atoms with Crippen LogP contribution in [0.25, 0.3) is 0 Å². The van der Waals surface area contributed by atoms with Gasteiger partial charge in [0.15, 0.2) is 11.7 Å². The first-order valence-corrected chi connectivity index (χ1v) is 6.31. The van der Waals surface area contributed by atoms with E-state index in [9.17, 15) is 4.79 Å². The zero-order chi connectivity index (χ0) is 14.8. The number of methoxy groups -OCH3 is 1. The summed E-state index contributed by atoms with van der Waals surface area (Å²) in [6.07, 6.45) is 1.45. The molecule has 0 saturated carbocycles. The number of aliphatic imine (C=N–C) groups is 1. The van der Waals surface area contributed by atoms with Gasteiger partial charge in [-0.05, 0) is 25.5 Å². The topological polar surface area (TPSA) is 60.8 Å². The molecule has 0 radical (unpaired) electrons. The first-order valence-electron chi connectivity index (χ1n) is 6.31. The molecule has 0 spiro atoms. The van der Waals surface area contributed by atoms with Crippen molar-refractivity contribution in [1.82, 2.24) is 4.98 Å². The summed E-state index contributed by atoms with van der Waals surface area (Å²) < 4.78 is 9.83. The van der Waals surface area contributed by atoms with Gasteiger partial charge < -0.3 is 9.47 Å². The Morgan fingerprint density at radius 2 is 2.05 bits per heavy atom. The second kappa shape index (κ2) is 9.08. The number of hydrogen-bond acceptors (Lipinski definition) is 5. The molecule has 0 aliphatic carbocycles. The second-order valence-electron chi connectivity index (χ2n) is 3.42. The standard InChI is InChI=1S/C12H16N2O3.C2H6/c1-5-17-12(15)10-6-8(2)11(13-7-10)14-9(3)16-4;1-2/h6-7H,5H2,1-4H3;1-2H3. The van der Waals surface area contributed by atoms with Gasteiger partial charge in [-0.2, -0.15) is 4.99 Å². The molecule has 0 aliphatic rings. The van der Waals surface area contributed by atoms with Crippen LogP contribution in [-0.4, -0.2) is 30.6 Å². The molecule has 0 bridgehead atoms. The summed E-state index contributed by atoms with van der Waals surface area (Å²) in [4.78, 5) is 19.7. The number of hydrogen-bond donors (Lipinski definition) is 0. The Morgan fingerprint density at radius 1 is 1.42 bits per heavy atom. The predicted molar refractivity (Wildman–Crippen MR) is 76.1 cm³/mol. The summed E-state index contributed by atoms with van der Waals surface area (Å²) in [7, 11) is 1.54. The normalized spacial score (nSPS) is 10.3. The lowest BCUT2D eigenvalue weighted by atomic mass is 10.2. The Kier molecular flexibility index (Phi) is 8.17. The molecule has 0 unspecified atom stereocenters. The monoisotopic (exact) mass is 266 g/mol. The Labute approximate surface area is 114 Å². The molecule has 0 N–H and O–H groups in total. The Morgan fingerprint density at radius 3 is 2.53 bits per heavy atom. The maximum atomic E-state index is 11.5. The van der Waals surface area contributed by atoms with Crippen molar-refractivity contribution in [2.75, 3.05) is 13.7 Å². The van der Waals surface area contributed by atoms with E-state index in [1.807, 2.05) is 20.8 Å². The average Bonchev–Trinajstić information content (AvgIpc) is 2.43. The van der Waals surface area contributed by atoms with Crippen LogP contribution in [-0.2, 0) is 9.47 Å². The van der Waals surface area contributed by atoms with Gasteiger partial charge in [0.2, 0.25) is 0 Å². The molecule has 5 nitrogen and oxygen atoms in total. The van der Waals surface area contributed by atoms with Crippen molar-refractivity contribution in [3.8, 4) is 0 Å². The van der Waals surface area contributed by atoms with Crippen molar-refractivity contribution in [3.05, 3.63) is 23.4 Å². The third kappa shape index (κ3) is 5.50. The Bertz CT molecular complexity index is 442. The summed E-state index contributed by atoms with van der Waals surface area (Å²) in [6, 6.07) is 1.70. The fourth-order valence-electron chi connectivity index (χ4n) is 1.21. The lowest BCUT2D eigenvalue weighted by Gasteiger charge is -2.05. The van der Waals surface area contributed by atoms with Gasteiger partial charge in [0.25, 0.3) is 0 Å². The molecule has 0 aromatic carbocycles. The van der Waals surface area contributed by atoms with Crippen LogP contribution in [0.5, 0.6) is 0 Å². The number of aryl methyl sites for hydroxylation is 1. The van der Waals surface area contributed by atoms with E-state index < -0.39 is 0 Å². The fourth-order valence-corrected chi connectivity index (χ4v) is 1.21. The number of pyridine rings is 1. The summed E-state index contributed by atoms with van der Waals surface area (Å²) in [6.45, 7) is 9.68. The van der Waals surface area contributed by atoms with E-state index in [2.05, 4.69) is 9.98 Å². The van der Waals surface area contributed by atoms with Gasteiger partial charge in [0, 0.05) is 13.1 Å². The van der Waals surface area contributed by atoms with Crippen LogP contribution in [0.3, 0.4) is 0 Å². The van der Waals surface area contributed by atoms with E-state index >= 15 is 0 Å². The number of esters is 1. The van der Waals surface area contributed by atoms with Crippen LogP contribution >= 0.6 is 0 Å². The first kappa shape index (κ1) is 17.1. The summed E-state index contributed by atoms with van der Waals surface area (Å²) in [5, 5.41) is 0. The third-order valence-corrected chi connectivity index (χ3v) is 2.12. The van der Waals surface area contributed by atoms with E-state index in [-0.39, 0.29) is 5.97 Å². The molecule has 0 saturated heterocycles. The largest absolute Gasteiger partial charge is 0.484 e. The van der Waals surface area contributed by atoms with Gasteiger partial charge in [0.05, 0.1) is 19.3 Å². The van der Waals surface area contributed by atoms with Crippen molar-refractivity contribution in [1.29, 1.82) is 0 Å². The summed E-state index contributed by atoms with van der Waals surface area (Å²) in [5.74, 6) is 0.684. The van der Waals surface area contributed by atoms with Crippen LogP contribution in [0.1, 0.15) is 43.6 Å². The quantitative estimate of drug-likeness (QED) is 0.478. The molecule has 1 rings (SSSR count). The van der Waals surface area contributed by atoms with Crippen molar-refractivity contribution >= 4 is 17.7 Å². The third-order valence-electron chi connectivity index (χ3n) is 2.12. The molecule has 1 aromatic heterocycles. The molecule has 106 valence electrons. The molecule has 5 heteroatoms. The van der Waals surface area contributed by atoms with Gasteiger partial charge in [-0.15, -0.1) is 0 Å². The van der Waals surface area contributed by atoms with E-state index in [0.29, 0.717) is 23.9 Å². The van der Waals surface area contributed by atoms with E-state index in [1.54, 1.807) is 27.0 Å². The van der Waals surface area contributed by atoms with Crippen molar-refractivity contribution in [3.63, 3.8) is 0 Å². The summed E-state index contributed by atoms with van der Waals surface area (Å²) in [5.41, 5.74) is 1.23. The molecule has 19 heavy (non-hydrogen) atoms. The van der Waals surface area contributed by atoms with E-state index in [0.717, 1.165) is 5.56 Å². The van der Waals surface area contributed by atoms with Gasteiger partial charge in [-0.25, -0.2) is 9.78 Å². The van der Waals surface area contributed by atoms with Crippen LogP contribution < -0.4 is 0 Å². The van der Waals surface area contributed by atoms with Crippen LogP contribution in [0.4, 0.5) is 5.82 Å². The molecular weight excluding hydrogens is 244 g/mol. The number of carbonyl (C=O) groups excluding carboxylic acids is 1. The van der Waals surface area contributed by atoms with Gasteiger partial charge in [-0.1, -0.05) is 13.8 Å². The zero-order valence-electron chi connectivity index (χ0n) is 12.5. The van der Waals surface area contributed by atoms with Crippen molar-refractivity contribution in [2.24, 2.45) is 4.99 Å². The van der Waals surface area contributed by atoms with Crippen LogP contribution in [0, 0.1) is 6.92 Å². The minimum absolute atomic E-state index is 0.348. The number of carbonyl (C=O) groups is 1. The molecule has 0 fully saturated rings. The second-order valence-corrected chi connectivity index (χ2v) is 3.42. The number of rotatable bonds is 3. The van der Waals surface area contributed by atoms with Crippen LogP contribution in [0.2, 0.25) is 0 Å². The van der Waals surface area contributed by atoms with E-state index in [4.69, 9.17) is 9.47 Å². The smallest absolute Gasteiger partial charge is 0.339 e. The molecule has 0 aliphatic heterocycles. The summed E-state index contributed by atoms with van der Waals surface area (Å²) >= 11 is 0. The molecule has 0 atom stereocenters. The lowest BCUT2D eigenvalue weighted by molar-refractivity contribution is 0.0526. The minimum Gasteiger partial charge on any atom is -0.484 e. The zero-order valence-corrected chi connectivity index (χ0v) is 12.5.